The highest BCUT2D eigenvalue weighted by molar-refractivity contribution is 5.57. The molecule has 0 aliphatic carbocycles. The lowest BCUT2D eigenvalue weighted by Crippen LogP contribution is -2.30. The van der Waals surface area contributed by atoms with Gasteiger partial charge in [-0.1, -0.05) is 0 Å². The average Bonchev–Trinajstić information content (AvgIpc) is 2.91. The Morgan fingerprint density at radius 1 is 1.33 bits per heavy atom. The molecule has 2 rings (SSSR count). The molecule has 1 aliphatic heterocycles. The number of alkyl halides is 3. The van der Waals surface area contributed by atoms with E-state index in [2.05, 4.69) is 4.90 Å². The highest BCUT2D eigenvalue weighted by Gasteiger charge is 2.32. The summed E-state index contributed by atoms with van der Waals surface area (Å²) >= 11 is 0. The summed E-state index contributed by atoms with van der Waals surface area (Å²) in [7, 11) is 0. The van der Waals surface area contributed by atoms with Gasteiger partial charge in [-0.15, -0.1) is 0 Å². The molecule has 0 bridgehead atoms. The van der Waals surface area contributed by atoms with Gasteiger partial charge >= 0.3 is 6.18 Å². The van der Waals surface area contributed by atoms with Crippen molar-refractivity contribution in [1.29, 1.82) is 0 Å². The minimum atomic E-state index is -4.34. The molecule has 0 saturated carbocycles. The van der Waals surface area contributed by atoms with Crippen LogP contribution >= 0.6 is 0 Å². The zero-order chi connectivity index (χ0) is 15.5. The second-order valence-electron chi connectivity index (χ2n) is 5.40. The molecule has 0 radical (unpaired) electrons. The molecular weight excluding hydrogens is 281 g/mol. The van der Waals surface area contributed by atoms with Crippen LogP contribution in [0.5, 0.6) is 0 Å². The molecule has 3 N–H and O–H groups in total. The Labute approximate surface area is 122 Å². The van der Waals surface area contributed by atoms with Gasteiger partial charge in [0, 0.05) is 31.4 Å². The van der Waals surface area contributed by atoms with E-state index in [1.807, 2.05) is 0 Å². The zero-order valence-electron chi connectivity index (χ0n) is 11.9. The molecule has 1 aromatic rings. The lowest BCUT2D eigenvalue weighted by atomic mass is 10.0. The Hall–Kier alpha value is -1.27. The summed E-state index contributed by atoms with van der Waals surface area (Å²) in [6.45, 7) is 1.05. The van der Waals surface area contributed by atoms with Crippen LogP contribution in [-0.2, 0) is 12.7 Å². The van der Waals surface area contributed by atoms with E-state index in [0.717, 1.165) is 43.6 Å². The molecule has 3 nitrogen and oxygen atoms in total. The number of hydrogen-bond donors (Lipinski definition) is 2. The van der Waals surface area contributed by atoms with E-state index in [-0.39, 0.29) is 19.2 Å². The maximum absolute atomic E-state index is 12.8. The Balaban J connectivity index is 2.26. The maximum Gasteiger partial charge on any atom is 0.416 e. The predicted octanol–water partition coefficient (Wildman–Crippen LogP) is 2.91. The summed E-state index contributed by atoms with van der Waals surface area (Å²) in [5.41, 5.74) is 6.31. The molecule has 21 heavy (non-hydrogen) atoms. The van der Waals surface area contributed by atoms with E-state index in [1.54, 1.807) is 0 Å². The number of hydrogen-bond acceptors (Lipinski definition) is 3. The topological polar surface area (TPSA) is 49.5 Å². The summed E-state index contributed by atoms with van der Waals surface area (Å²) in [6, 6.07) is 4.08. The molecule has 1 aromatic carbocycles. The molecule has 1 unspecified atom stereocenters. The largest absolute Gasteiger partial charge is 0.416 e. The lowest BCUT2D eigenvalue weighted by Gasteiger charge is -2.29. The quantitative estimate of drug-likeness (QED) is 0.879. The molecule has 0 spiro atoms. The van der Waals surface area contributed by atoms with Crippen LogP contribution in [0.25, 0.3) is 0 Å². The highest BCUT2D eigenvalue weighted by Crippen LogP contribution is 2.35. The van der Waals surface area contributed by atoms with Crippen LogP contribution in [0, 0.1) is 0 Å². The molecule has 6 heteroatoms. The Bertz CT molecular complexity index is 476. The van der Waals surface area contributed by atoms with Gasteiger partial charge in [-0.25, -0.2) is 0 Å². The first-order valence-electron chi connectivity index (χ1n) is 7.25. The van der Waals surface area contributed by atoms with Gasteiger partial charge in [0.05, 0.1) is 5.56 Å². The molecular formula is C15H21F3N2O. The first kappa shape index (κ1) is 16.1. The third-order valence-corrected chi connectivity index (χ3v) is 4.01. The van der Waals surface area contributed by atoms with E-state index < -0.39 is 11.7 Å². The number of aliphatic hydroxyl groups is 1. The number of nitrogens with zero attached hydrogens (tertiary/aromatic N) is 1. The van der Waals surface area contributed by atoms with Gasteiger partial charge in [-0.05, 0) is 49.4 Å². The van der Waals surface area contributed by atoms with Crippen molar-refractivity contribution in [1.82, 2.24) is 0 Å². The number of aliphatic hydroxyl groups excluding tert-OH is 1. The Kier molecular flexibility index (Phi) is 5.11. The first-order chi connectivity index (χ1) is 9.97. The first-order valence-corrected chi connectivity index (χ1v) is 7.25. The lowest BCUT2D eigenvalue weighted by molar-refractivity contribution is -0.137. The fourth-order valence-corrected chi connectivity index (χ4v) is 2.99. The Morgan fingerprint density at radius 3 is 2.71 bits per heavy atom. The van der Waals surface area contributed by atoms with Crippen molar-refractivity contribution in [3.05, 3.63) is 29.3 Å². The van der Waals surface area contributed by atoms with E-state index in [9.17, 15) is 13.2 Å². The van der Waals surface area contributed by atoms with Crippen LogP contribution in [0.1, 0.15) is 36.8 Å². The van der Waals surface area contributed by atoms with Gasteiger partial charge in [0.1, 0.15) is 0 Å². The second-order valence-corrected chi connectivity index (χ2v) is 5.40. The van der Waals surface area contributed by atoms with Gasteiger partial charge in [0.15, 0.2) is 0 Å². The molecule has 118 valence electrons. The van der Waals surface area contributed by atoms with E-state index in [0.29, 0.717) is 12.0 Å². The van der Waals surface area contributed by atoms with Crippen LogP contribution in [0.4, 0.5) is 18.9 Å². The number of rotatable bonds is 5. The predicted molar refractivity (Wildman–Crippen MR) is 76.0 cm³/mol. The van der Waals surface area contributed by atoms with Gasteiger partial charge in [-0.3, -0.25) is 0 Å². The molecule has 0 amide bonds. The second kappa shape index (κ2) is 6.66. The van der Waals surface area contributed by atoms with Gasteiger partial charge < -0.3 is 15.7 Å². The van der Waals surface area contributed by atoms with Crippen molar-refractivity contribution < 1.29 is 18.3 Å². The highest BCUT2D eigenvalue weighted by atomic mass is 19.4. The van der Waals surface area contributed by atoms with E-state index in [4.69, 9.17) is 10.8 Å². The SMILES string of the molecule is NCc1cc(C(F)(F)F)ccc1N1CCCC1CCCO. The smallest absolute Gasteiger partial charge is 0.396 e. The maximum atomic E-state index is 12.8. The normalized spacial score (nSPS) is 19.3. The minimum Gasteiger partial charge on any atom is -0.396 e. The fourth-order valence-electron chi connectivity index (χ4n) is 2.99. The van der Waals surface area contributed by atoms with Crippen LogP contribution in [-0.4, -0.2) is 24.3 Å². The average molecular weight is 302 g/mol. The van der Waals surface area contributed by atoms with Crippen molar-refractivity contribution in [2.24, 2.45) is 5.73 Å². The fraction of sp³-hybridized carbons (Fsp3) is 0.600. The number of anilines is 1. The van der Waals surface area contributed by atoms with Crippen LogP contribution in [0.2, 0.25) is 0 Å². The molecule has 1 saturated heterocycles. The van der Waals surface area contributed by atoms with Crippen molar-refractivity contribution in [2.75, 3.05) is 18.1 Å². The van der Waals surface area contributed by atoms with Gasteiger partial charge in [0.25, 0.3) is 0 Å². The summed E-state index contributed by atoms with van der Waals surface area (Å²) < 4.78 is 38.3. The van der Waals surface area contributed by atoms with Crippen LogP contribution < -0.4 is 10.6 Å². The summed E-state index contributed by atoms with van der Waals surface area (Å²) in [4.78, 5) is 2.14. The monoisotopic (exact) mass is 302 g/mol. The van der Waals surface area contributed by atoms with Gasteiger partial charge in [0.2, 0.25) is 0 Å². The van der Waals surface area contributed by atoms with Crippen molar-refractivity contribution in [2.45, 2.75) is 44.4 Å². The van der Waals surface area contributed by atoms with Crippen molar-refractivity contribution in [3.63, 3.8) is 0 Å². The summed E-state index contributed by atoms with van der Waals surface area (Å²) in [5, 5.41) is 8.95. The molecule has 0 aromatic heterocycles. The van der Waals surface area contributed by atoms with E-state index in [1.165, 1.54) is 6.07 Å². The third-order valence-electron chi connectivity index (χ3n) is 4.01. The molecule has 1 heterocycles. The summed E-state index contributed by atoms with van der Waals surface area (Å²) in [5.74, 6) is 0. The number of nitrogens with two attached hydrogens (primary N) is 1. The van der Waals surface area contributed by atoms with Crippen LogP contribution in [0.3, 0.4) is 0 Å². The third kappa shape index (κ3) is 3.68. The standard InChI is InChI=1S/C15H21F3N2O/c16-15(17,18)12-5-6-14(11(9-12)10-19)20-7-1-3-13(20)4-2-8-21/h5-6,9,13,21H,1-4,7-8,10,19H2. The van der Waals surface area contributed by atoms with Gasteiger partial charge in [-0.2, -0.15) is 13.2 Å². The number of benzene rings is 1. The van der Waals surface area contributed by atoms with Crippen molar-refractivity contribution >= 4 is 5.69 Å². The number of halogens is 3. The zero-order valence-corrected chi connectivity index (χ0v) is 11.9. The Morgan fingerprint density at radius 2 is 2.10 bits per heavy atom. The molecule has 1 fully saturated rings. The van der Waals surface area contributed by atoms with Crippen molar-refractivity contribution in [3.8, 4) is 0 Å². The van der Waals surface area contributed by atoms with Crippen LogP contribution in [0.15, 0.2) is 18.2 Å². The summed E-state index contributed by atoms with van der Waals surface area (Å²) in [6.07, 6.45) is -0.767. The molecule has 1 aliphatic rings. The van der Waals surface area contributed by atoms with E-state index >= 15 is 0 Å². The molecule has 1 atom stereocenters. The minimum absolute atomic E-state index is 0.0858.